The maximum Gasteiger partial charge on any atom is 0.254 e. The Balaban J connectivity index is 0.00000261. The van der Waals surface area contributed by atoms with Crippen LogP contribution < -0.4 is 5.32 Å². The van der Waals surface area contributed by atoms with Gasteiger partial charge in [-0.25, -0.2) is 8.42 Å². The van der Waals surface area contributed by atoms with E-state index in [1.807, 2.05) is 11.8 Å². The fourth-order valence-corrected chi connectivity index (χ4v) is 5.12. The molecule has 1 N–H and O–H groups in total. The zero-order valence-corrected chi connectivity index (χ0v) is 17.9. The van der Waals surface area contributed by atoms with Crippen LogP contribution >= 0.6 is 12.4 Å². The van der Waals surface area contributed by atoms with Crippen molar-refractivity contribution >= 4 is 28.3 Å². The van der Waals surface area contributed by atoms with E-state index >= 15 is 0 Å². The Kier molecular flexibility index (Phi) is 7.30. The van der Waals surface area contributed by atoms with Gasteiger partial charge in [0.25, 0.3) is 5.91 Å². The molecule has 2 atom stereocenters. The van der Waals surface area contributed by atoms with Gasteiger partial charge in [-0.2, -0.15) is 4.31 Å². The number of amides is 1. The van der Waals surface area contributed by atoms with E-state index in [0.29, 0.717) is 31.1 Å². The number of hydrogen-bond acceptors (Lipinski definition) is 4. The topological polar surface area (TPSA) is 69.7 Å². The molecule has 152 valence electrons. The summed E-state index contributed by atoms with van der Waals surface area (Å²) in [4.78, 5) is 14.9. The molecule has 0 saturated carbocycles. The summed E-state index contributed by atoms with van der Waals surface area (Å²) in [6.45, 7) is 8.83. The van der Waals surface area contributed by atoms with Crippen molar-refractivity contribution in [2.75, 3.05) is 26.2 Å². The average molecular weight is 416 g/mol. The number of carbonyl (C=O) groups excluding carboxylic acids is 1. The summed E-state index contributed by atoms with van der Waals surface area (Å²) in [5.74, 6) is 0.534. The molecule has 2 saturated heterocycles. The van der Waals surface area contributed by atoms with Gasteiger partial charge < -0.3 is 10.2 Å². The number of nitrogens with zero attached hydrogens (tertiary/aromatic N) is 2. The molecular formula is C19H30ClN3O3S. The highest BCUT2D eigenvalue weighted by molar-refractivity contribution is 7.89. The molecule has 8 heteroatoms. The molecular weight excluding hydrogens is 386 g/mol. The zero-order valence-electron chi connectivity index (χ0n) is 16.2. The van der Waals surface area contributed by atoms with Crippen molar-refractivity contribution in [2.24, 2.45) is 5.92 Å². The molecule has 0 aliphatic carbocycles. The average Bonchev–Trinajstić information content (AvgIpc) is 2.64. The lowest BCUT2D eigenvalue weighted by molar-refractivity contribution is 0.0603. The normalized spacial score (nSPS) is 25.1. The van der Waals surface area contributed by atoms with Crippen LogP contribution in [-0.4, -0.2) is 61.8 Å². The van der Waals surface area contributed by atoms with Gasteiger partial charge in [-0.3, -0.25) is 4.79 Å². The largest absolute Gasteiger partial charge is 0.333 e. The maximum absolute atomic E-state index is 12.8. The molecule has 1 aromatic rings. The minimum absolute atomic E-state index is 0. The SMILES string of the molecule is CC1CCN(S(=O)(=O)c2ccc(C(=O)N3CCNC(C)C3C)cc2)CC1.Cl. The van der Waals surface area contributed by atoms with Gasteiger partial charge in [0.2, 0.25) is 10.0 Å². The Morgan fingerprint density at radius 2 is 1.63 bits per heavy atom. The number of piperidine rings is 1. The molecule has 6 nitrogen and oxygen atoms in total. The highest BCUT2D eigenvalue weighted by Crippen LogP contribution is 2.24. The highest BCUT2D eigenvalue weighted by Gasteiger charge is 2.30. The number of benzene rings is 1. The minimum atomic E-state index is -3.47. The molecule has 2 fully saturated rings. The summed E-state index contributed by atoms with van der Waals surface area (Å²) in [6, 6.07) is 6.76. The van der Waals surface area contributed by atoms with Crippen molar-refractivity contribution in [3.05, 3.63) is 29.8 Å². The van der Waals surface area contributed by atoms with Gasteiger partial charge in [0, 0.05) is 43.8 Å². The first-order valence-electron chi connectivity index (χ1n) is 9.45. The minimum Gasteiger partial charge on any atom is -0.333 e. The second-order valence-corrected chi connectivity index (χ2v) is 9.53. The number of nitrogens with one attached hydrogen (secondary N) is 1. The molecule has 0 radical (unpaired) electrons. The van der Waals surface area contributed by atoms with Crippen molar-refractivity contribution in [3.63, 3.8) is 0 Å². The Morgan fingerprint density at radius 1 is 1.04 bits per heavy atom. The maximum atomic E-state index is 12.8. The van der Waals surface area contributed by atoms with Crippen LogP contribution in [0.15, 0.2) is 29.2 Å². The Hall–Kier alpha value is -1.15. The number of halogens is 1. The first-order chi connectivity index (χ1) is 12.3. The lowest BCUT2D eigenvalue weighted by Crippen LogP contribution is -2.57. The van der Waals surface area contributed by atoms with E-state index in [9.17, 15) is 13.2 Å². The van der Waals surface area contributed by atoms with E-state index in [4.69, 9.17) is 0 Å². The summed E-state index contributed by atoms with van der Waals surface area (Å²) >= 11 is 0. The smallest absolute Gasteiger partial charge is 0.254 e. The van der Waals surface area contributed by atoms with E-state index in [2.05, 4.69) is 19.2 Å². The van der Waals surface area contributed by atoms with Gasteiger partial charge in [-0.1, -0.05) is 6.92 Å². The number of carbonyl (C=O) groups is 1. The predicted octanol–water partition coefficient (Wildman–Crippen LogP) is 2.35. The van der Waals surface area contributed by atoms with Gasteiger partial charge in [0.15, 0.2) is 0 Å². The van der Waals surface area contributed by atoms with Gasteiger partial charge >= 0.3 is 0 Å². The van der Waals surface area contributed by atoms with E-state index in [1.165, 1.54) is 0 Å². The Labute approximate surface area is 168 Å². The summed E-state index contributed by atoms with van der Waals surface area (Å²) in [5.41, 5.74) is 0.539. The lowest BCUT2D eigenvalue weighted by atomic mass is 10.0. The molecule has 2 aliphatic rings. The number of rotatable bonds is 3. The molecule has 2 aliphatic heterocycles. The second-order valence-electron chi connectivity index (χ2n) is 7.59. The number of sulfonamides is 1. The molecule has 2 unspecified atom stereocenters. The van der Waals surface area contributed by atoms with Gasteiger partial charge in [-0.15, -0.1) is 12.4 Å². The molecule has 0 spiro atoms. The van der Waals surface area contributed by atoms with Crippen LogP contribution in [0.1, 0.15) is 44.0 Å². The summed E-state index contributed by atoms with van der Waals surface area (Å²) in [6.07, 6.45) is 1.80. The number of hydrogen-bond donors (Lipinski definition) is 1. The van der Waals surface area contributed by atoms with E-state index < -0.39 is 10.0 Å². The van der Waals surface area contributed by atoms with E-state index in [1.54, 1.807) is 28.6 Å². The summed E-state index contributed by atoms with van der Waals surface area (Å²) in [7, 11) is -3.47. The van der Waals surface area contributed by atoms with Gasteiger partial charge in [-0.05, 0) is 56.9 Å². The van der Waals surface area contributed by atoms with E-state index in [0.717, 1.165) is 19.4 Å². The summed E-state index contributed by atoms with van der Waals surface area (Å²) < 4.78 is 27.1. The van der Waals surface area contributed by atoms with Crippen LogP contribution in [0.3, 0.4) is 0 Å². The third-order valence-corrected chi connectivity index (χ3v) is 7.69. The molecule has 1 amide bonds. The van der Waals surface area contributed by atoms with Crippen LogP contribution in [0.2, 0.25) is 0 Å². The molecule has 1 aromatic carbocycles. The third kappa shape index (κ3) is 4.65. The third-order valence-electron chi connectivity index (χ3n) is 5.78. The highest BCUT2D eigenvalue weighted by atomic mass is 35.5. The van der Waals surface area contributed by atoms with Crippen LogP contribution in [0.5, 0.6) is 0 Å². The van der Waals surface area contributed by atoms with Crippen LogP contribution in [0.4, 0.5) is 0 Å². The van der Waals surface area contributed by atoms with Crippen LogP contribution in [-0.2, 0) is 10.0 Å². The second kappa shape index (κ2) is 8.90. The molecule has 2 heterocycles. The standard InChI is InChI=1S/C19H29N3O3S.ClH/c1-14-8-11-21(12-9-14)26(24,25)18-6-4-17(5-7-18)19(23)22-13-10-20-15(2)16(22)3;/h4-7,14-16,20H,8-13H2,1-3H3;1H. The van der Waals surface area contributed by atoms with Crippen LogP contribution in [0.25, 0.3) is 0 Å². The van der Waals surface area contributed by atoms with Gasteiger partial charge in [0.05, 0.1) is 4.90 Å². The van der Waals surface area contributed by atoms with Crippen molar-refractivity contribution in [1.29, 1.82) is 0 Å². The quantitative estimate of drug-likeness (QED) is 0.822. The molecule has 3 rings (SSSR count). The predicted molar refractivity (Wildman–Crippen MR) is 109 cm³/mol. The van der Waals surface area contributed by atoms with Crippen LogP contribution in [0, 0.1) is 5.92 Å². The fourth-order valence-electron chi connectivity index (χ4n) is 3.65. The van der Waals surface area contributed by atoms with Crippen molar-refractivity contribution < 1.29 is 13.2 Å². The zero-order chi connectivity index (χ0) is 18.9. The Morgan fingerprint density at radius 3 is 2.22 bits per heavy atom. The lowest BCUT2D eigenvalue weighted by Gasteiger charge is -2.38. The first kappa shape index (κ1) is 22.1. The number of piperazine rings is 1. The molecule has 0 aromatic heterocycles. The summed E-state index contributed by atoms with van der Waals surface area (Å²) in [5, 5.41) is 3.36. The first-order valence-corrected chi connectivity index (χ1v) is 10.9. The van der Waals surface area contributed by atoms with E-state index in [-0.39, 0.29) is 35.3 Å². The Bertz CT molecular complexity index is 746. The van der Waals surface area contributed by atoms with Crippen molar-refractivity contribution in [3.8, 4) is 0 Å². The van der Waals surface area contributed by atoms with Crippen molar-refractivity contribution in [2.45, 2.75) is 50.6 Å². The molecule has 27 heavy (non-hydrogen) atoms. The molecule has 0 bridgehead atoms. The monoisotopic (exact) mass is 415 g/mol. The van der Waals surface area contributed by atoms with Crippen molar-refractivity contribution in [1.82, 2.24) is 14.5 Å². The van der Waals surface area contributed by atoms with Gasteiger partial charge in [0.1, 0.15) is 0 Å². The fraction of sp³-hybridized carbons (Fsp3) is 0.632.